The molecule has 3 aromatic rings. The van der Waals surface area contributed by atoms with Crippen LogP contribution in [0.4, 0.5) is 0 Å². The molecule has 190 valence electrons. The summed E-state index contributed by atoms with van der Waals surface area (Å²) in [6.07, 6.45) is 2.53. The number of nitrogens with zero attached hydrogens (tertiary/aromatic N) is 2. The van der Waals surface area contributed by atoms with Gasteiger partial charge in [-0.1, -0.05) is 41.4 Å². The third-order valence-electron chi connectivity index (χ3n) is 6.83. The number of pyridine rings is 1. The van der Waals surface area contributed by atoms with Crippen LogP contribution in [0.25, 0.3) is 6.08 Å². The highest BCUT2D eigenvalue weighted by Gasteiger charge is 2.37. The number of rotatable bonds is 5. The number of fused-ring (bicyclic) bond motifs is 4. The largest absolute Gasteiger partial charge is 0.497 e. The third-order valence-corrected chi connectivity index (χ3v) is 7.37. The van der Waals surface area contributed by atoms with E-state index < -0.39 is 5.91 Å². The first-order valence-electron chi connectivity index (χ1n) is 11.9. The SMILES string of the molecule is COc1ccc(C(=O)NC(=Cc2cccc(Cl)c2)C(=O)N2CC3CC(C2)c2cccc(=O)n2C3)c(Cl)c1. The summed E-state index contributed by atoms with van der Waals surface area (Å²) in [5, 5.41) is 3.50. The molecule has 2 aromatic carbocycles. The van der Waals surface area contributed by atoms with Gasteiger partial charge in [-0.05, 0) is 60.4 Å². The number of piperidine rings is 1. The summed E-state index contributed by atoms with van der Waals surface area (Å²) in [6.45, 7) is 1.50. The molecule has 3 heterocycles. The van der Waals surface area contributed by atoms with Crippen LogP contribution < -0.4 is 15.6 Å². The monoisotopic (exact) mass is 537 g/mol. The van der Waals surface area contributed by atoms with Crippen LogP contribution in [0.1, 0.15) is 34.0 Å². The van der Waals surface area contributed by atoms with Crippen LogP contribution in [0.2, 0.25) is 10.0 Å². The van der Waals surface area contributed by atoms with Gasteiger partial charge in [-0.25, -0.2) is 0 Å². The molecule has 2 bridgehead atoms. The predicted molar refractivity (Wildman–Crippen MR) is 143 cm³/mol. The van der Waals surface area contributed by atoms with Gasteiger partial charge in [0, 0.05) is 42.3 Å². The molecule has 7 nitrogen and oxygen atoms in total. The highest BCUT2D eigenvalue weighted by atomic mass is 35.5. The van der Waals surface area contributed by atoms with Crippen molar-refractivity contribution in [2.24, 2.45) is 5.92 Å². The third kappa shape index (κ3) is 5.29. The van der Waals surface area contributed by atoms with Crippen molar-refractivity contribution in [1.29, 1.82) is 0 Å². The van der Waals surface area contributed by atoms with Crippen LogP contribution in [0, 0.1) is 5.92 Å². The number of halogens is 2. The number of carbonyl (C=O) groups excluding carboxylic acids is 2. The van der Waals surface area contributed by atoms with E-state index in [4.69, 9.17) is 27.9 Å². The molecule has 2 atom stereocenters. The standard InChI is InChI=1S/C28H25Cl2N3O4/c1-37-21-8-9-22(23(30)13-21)27(35)31-24(12-17-4-2-5-20(29)11-17)28(36)32-14-18-10-19(16-32)25-6-3-7-26(34)33(25)15-18/h2-9,11-13,18-19H,10,14-16H2,1H3,(H,31,35). The number of nitrogens with one attached hydrogen (secondary N) is 1. The normalized spacial score (nSPS) is 18.7. The zero-order chi connectivity index (χ0) is 26.1. The first-order chi connectivity index (χ1) is 17.8. The lowest BCUT2D eigenvalue weighted by Crippen LogP contribution is -2.50. The van der Waals surface area contributed by atoms with Crippen LogP contribution in [-0.4, -0.2) is 41.5 Å². The maximum Gasteiger partial charge on any atom is 0.270 e. The summed E-state index contributed by atoms with van der Waals surface area (Å²) >= 11 is 12.5. The van der Waals surface area contributed by atoms with Crippen molar-refractivity contribution in [2.45, 2.75) is 18.9 Å². The maximum absolute atomic E-state index is 13.8. The number of ether oxygens (including phenoxy) is 1. The molecule has 2 amide bonds. The average molecular weight is 538 g/mol. The van der Waals surface area contributed by atoms with Crippen LogP contribution >= 0.6 is 23.2 Å². The van der Waals surface area contributed by atoms with Gasteiger partial charge in [0.2, 0.25) is 0 Å². The molecule has 2 aliphatic heterocycles. The maximum atomic E-state index is 13.8. The summed E-state index contributed by atoms with van der Waals surface area (Å²) < 4.78 is 6.98. The zero-order valence-corrected chi connectivity index (χ0v) is 21.6. The Bertz CT molecular complexity index is 1470. The smallest absolute Gasteiger partial charge is 0.270 e. The van der Waals surface area contributed by atoms with Crippen molar-refractivity contribution in [3.8, 4) is 5.75 Å². The molecule has 1 saturated heterocycles. The fraction of sp³-hybridized carbons (Fsp3) is 0.250. The molecule has 0 spiro atoms. The Labute approximate surface area is 224 Å². The minimum absolute atomic E-state index is 0.0165. The van der Waals surface area contributed by atoms with Crippen LogP contribution in [-0.2, 0) is 11.3 Å². The van der Waals surface area contributed by atoms with Crippen molar-refractivity contribution in [3.05, 3.63) is 104 Å². The van der Waals surface area contributed by atoms with E-state index in [-0.39, 0.29) is 39.6 Å². The molecule has 0 saturated carbocycles. The van der Waals surface area contributed by atoms with Crippen molar-refractivity contribution in [2.75, 3.05) is 20.2 Å². The van der Waals surface area contributed by atoms with Crippen molar-refractivity contribution >= 4 is 41.1 Å². The Morgan fingerprint density at radius 3 is 2.59 bits per heavy atom. The van der Waals surface area contributed by atoms with Gasteiger partial charge in [-0.15, -0.1) is 0 Å². The number of benzene rings is 2. The number of carbonyl (C=O) groups is 2. The number of methoxy groups -OCH3 is 1. The number of amides is 2. The van der Waals surface area contributed by atoms with E-state index in [0.29, 0.717) is 36.0 Å². The summed E-state index contributed by atoms with van der Waals surface area (Å²) in [7, 11) is 1.51. The van der Waals surface area contributed by atoms with E-state index in [2.05, 4.69) is 5.32 Å². The Balaban J connectivity index is 1.45. The average Bonchev–Trinajstić information content (AvgIpc) is 2.88. The molecule has 1 aromatic heterocycles. The molecule has 1 N–H and O–H groups in total. The highest BCUT2D eigenvalue weighted by molar-refractivity contribution is 6.34. The Kier molecular flexibility index (Phi) is 7.09. The Morgan fingerprint density at radius 1 is 1.03 bits per heavy atom. The van der Waals surface area contributed by atoms with E-state index in [1.54, 1.807) is 65.6 Å². The molecule has 5 rings (SSSR count). The van der Waals surface area contributed by atoms with E-state index >= 15 is 0 Å². The highest BCUT2D eigenvalue weighted by Crippen LogP contribution is 2.35. The number of hydrogen-bond acceptors (Lipinski definition) is 4. The first-order valence-corrected chi connectivity index (χ1v) is 12.7. The minimum atomic E-state index is -0.511. The fourth-order valence-electron chi connectivity index (χ4n) is 5.14. The first kappa shape index (κ1) is 25.1. The predicted octanol–water partition coefficient (Wildman–Crippen LogP) is 4.58. The molecule has 2 unspecified atom stereocenters. The summed E-state index contributed by atoms with van der Waals surface area (Å²) in [6, 6.07) is 17.0. The van der Waals surface area contributed by atoms with E-state index in [1.807, 2.05) is 10.6 Å². The summed E-state index contributed by atoms with van der Waals surface area (Å²) in [5.74, 6) is -0.103. The van der Waals surface area contributed by atoms with Crippen LogP contribution in [0.5, 0.6) is 5.75 Å². The van der Waals surface area contributed by atoms with Gasteiger partial charge in [0.15, 0.2) is 0 Å². The number of likely N-dealkylation sites (tertiary alicyclic amines) is 1. The quantitative estimate of drug-likeness (QED) is 0.483. The second-order valence-electron chi connectivity index (χ2n) is 9.32. The lowest BCUT2D eigenvalue weighted by Gasteiger charge is -2.43. The second kappa shape index (κ2) is 10.4. The topological polar surface area (TPSA) is 80.6 Å². The molecular formula is C28H25Cl2N3O4. The molecule has 37 heavy (non-hydrogen) atoms. The summed E-state index contributed by atoms with van der Waals surface area (Å²) in [5.41, 5.74) is 1.93. The molecule has 1 fully saturated rings. The minimum Gasteiger partial charge on any atom is -0.497 e. The second-order valence-corrected chi connectivity index (χ2v) is 10.2. The lowest BCUT2D eigenvalue weighted by molar-refractivity contribution is -0.130. The molecule has 9 heteroatoms. The number of aromatic nitrogens is 1. The van der Waals surface area contributed by atoms with E-state index in [0.717, 1.165) is 12.1 Å². The fourth-order valence-corrected chi connectivity index (χ4v) is 5.60. The van der Waals surface area contributed by atoms with Crippen molar-refractivity contribution < 1.29 is 14.3 Å². The summed E-state index contributed by atoms with van der Waals surface area (Å²) in [4.78, 5) is 41.2. The Hall–Kier alpha value is -3.55. The van der Waals surface area contributed by atoms with Gasteiger partial charge in [0.25, 0.3) is 17.4 Å². The van der Waals surface area contributed by atoms with Gasteiger partial charge in [0.05, 0.1) is 17.7 Å². The number of hydrogen-bond donors (Lipinski definition) is 1. The zero-order valence-electron chi connectivity index (χ0n) is 20.1. The molecule has 0 radical (unpaired) electrons. The van der Waals surface area contributed by atoms with E-state index in [1.165, 1.54) is 7.11 Å². The van der Waals surface area contributed by atoms with Crippen LogP contribution in [0.3, 0.4) is 0 Å². The molecular weight excluding hydrogens is 513 g/mol. The Morgan fingerprint density at radius 2 is 1.84 bits per heavy atom. The molecule has 2 aliphatic rings. The van der Waals surface area contributed by atoms with Crippen molar-refractivity contribution in [3.63, 3.8) is 0 Å². The lowest BCUT2D eigenvalue weighted by atomic mass is 9.83. The van der Waals surface area contributed by atoms with Gasteiger partial charge in [-0.2, -0.15) is 0 Å². The van der Waals surface area contributed by atoms with Gasteiger partial charge in [0.1, 0.15) is 11.4 Å². The van der Waals surface area contributed by atoms with Gasteiger partial charge in [-0.3, -0.25) is 14.4 Å². The van der Waals surface area contributed by atoms with Gasteiger partial charge >= 0.3 is 0 Å². The van der Waals surface area contributed by atoms with E-state index in [9.17, 15) is 14.4 Å². The molecule has 0 aliphatic carbocycles. The van der Waals surface area contributed by atoms with Crippen LogP contribution in [0.15, 0.2) is 71.2 Å². The van der Waals surface area contributed by atoms with Crippen molar-refractivity contribution in [1.82, 2.24) is 14.8 Å². The van der Waals surface area contributed by atoms with Gasteiger partial charge < -0.3 is 19.5 Å².